The molecule has 1 aliphatic heterocycles. The maximum absolute atomic E-state index is 11.5. The first-order valence-corrected chi connectivity index (χ1v) is 5.90. The van der Waals surface area contributed by atoms with Gasteiger partial charge in [-0.3, -0.25) is 0 Å². The van der Waals surface area contributed by atoms with Crippen molar-refractivity contribution in [2.45, 2.75) is 44.7 Å². The summed E-state index contributed by atoms with van der Waals surface area (Å²) in [6.45, 7) is 3.75. The van der Waals surface area contributed by atoms with Gasteiger partial charge in [-0.2, -0.15) is 0 Å². The summed E-state index contributed by atoms with van der Waals surface area (Å²) in [4.78, 5) is 11.5. The van der Waals surface area contributed by atoms with Gasteiger partial charge >= 0.3 is 6.03 Å². The van der Waals surface area contributed by atoms with Gasteiger partial charge in [-0.15, -0.1) is 0 Å². The van der Waals surface area contributed by atoms with E-state index in [2.05, 4.69) is 17.6 Å². The molecular formula is C11H20N2O2. The summed E-state index contributed by atoms with van der Waals surface area (Å²) in [5, 5.41) is 5.96. The number of ether oxygens (including phenoxy) is 1. The highest BCUT2D eigenvalue weighted by Gasteiger charge is 2.26. The minimum absolute atomic E-state index is 0.00325. The first-order valence-electron chi connectivity index (χ1n) is 5.90. The maximum Gasteiger partial charge on any atom is 0.315 e. The van der Waals surface area contributed by atoms with Crippen molar-refractivity contribution in [2.24, 2.45) is 5.92 Å². The molecule has 1 saturated heterocycles. The van der Waals surface area contributed by atoms with Gasteiger partial charge in [0.15, 0.2) is 0 Å². The van der Waals surface area contributed by atoms with Crippen LogP contribution >= 0.6 is 0 Å². The molecule has 0 bridgehead atoms. The van der Waals surface area contributed by atoms with Crippen molar-refractivity contribution in [1.82, 2.24) is 10.6 Å². The van der Waals surface area contributed by atoms with Crippen LogP contribution in [-0.2, 0) is 4.74 Å². The predicted octanol–water partition coefficient (Wildman–Crippen LogP) is 1.26. The van der Waals surface area contributed by atoms with Crippen molar-refractivity contribution in [2.75, 3.05) is 13.2 Å². The number of hydrogen-bond acceptors (Lipinski definition) is 2. The second-order valence-electron chi connectivity index (χ2n) is 4.63. The Balaban J connectivity index is 1.69. The molecule has 0 aromatic heterocycles. The number of hydrogen-bond donors (Lipinski definition) is 2. The lowest BCUT2D eigenvalue weighted by Gasteiger charge is -2.28. The van der Waals surface area contributed by atoms with E-state index in [0.717, 1.165) is 38.9 Å². The fourth-order valence-electron chi connectivity index (χ4n) is 2.00. The quantitative estimate of drug-likeness (QED) is 0.740. The molecule has 1 saturated carbocycles. The fraction of sp³-hybridized carbons (Fsp3) is 0.909. The van der Waals surface area contributed by atoms with Crippen molar-refractivity contribution in [3.05, 3.63) is 0 Å². The molecule has 2 fully saturated rings. The van der Waals surface area contributed by atoms with E-state index in [1.54, 1.807) is 0 Å². The molecule has 1 atom stereocenters. The van der Waals surface area contributed by atoms with Gasteiger partial charge in [0, 0.05) is 25.3 Å². The molecule has 4 heteroatoms. The Morgan fingerprint density at radius 3 is 2.53 bits per heavy atom. The highest BCUT2D eigenvalue weighted by Crippen LogP contribution is 2.20. The zero-order valence-corrected chi connectivity index (χ0v) is 9.29. The molecule has 4 nitrogen and oxygen atoms in total. The highest BCUT2D eigenvalue weighted by molar-refractivity contribution is 5.74. The Bertz CT molecular complexity index is 223. The third-order valence-electron chi connectivity index (χ3n) is 3.24. The number of urea groups is 1. The van der Waals surface area contributed by atoms with E-state index in [0.29, 0.717) is 12.0 Å². The van der Waals surface area contributed by atoms with Gasteiger partial charge in [0.1, 0.15) is 0 Å². The third-order valence-corrected chi connectivity index (χ3v) is 3.24. The molecule has 1 unspecified atom stereocenters. The Hall–Kier alpha value is -0.770. The van der Waals surface area contributed by atoms with E-state index in [4.69, 9.17) is 4.74 Å². The van der Waals surface area contributed by atoms with E-state index in [1.807, 2.05) is 0 Å². The Kier molecular flexibility index (Phi) is 3.46. The van der Waals surface area contributed by atoms with Crippen LogP contribution < -0.4 is 10.6 Å². The van der Waals surface area contributed by atoms with Crippen LogP contribution in [0.3, 0.4) is 0 Å². The summed E-state index contributed by atoms with van der Waals surface area (Å²) in [7, 11) is 0. The zero-order chi connectivity index (χ0) is 10.7. The summed E-state index contributed by atoms with van der Waals surface area (Å²) in [5.74, 6) is 0.573. The van der Waals surface area contributed by atoms with Crippen LogP contribution in [0.25, 0.3) is 0 Å². The molecule has 15 heavy (non-hydrogen) atoms. The predicted molar refractivity (Wildman–Crippen MR) is 57.7 cm³/mol. The molecule has 86 valence electrons. The standard InChI is InChI=1S/C11H20N2O2/c1-8(9-4-6-15-7-5-9)12-11(14)13-10-2-3-10/h8-10H,2-7H2,1H3,(H2,12,13,14). The average molecular weight is 212 g/mol. The lowest BCUT2D eigenvalue weighted by Crippen LogP contribution is -2.45. The number of carbonyl (C=O) groups excluding carboxylic acids is 1. The van der Waals surface area contributed by atoms with E-state index in [1.165, 1.54) is 0 Å². The van der Waals surface area contributed by atoms with Gasteiger partial charge in [-0.25, -0.2) is 4.79 Å². The molecule has 0 radical (unpaired) electrons. The highest BCUT2D eigenvalue weighted by atomic mass is 16.5. The number of carbonyl (C=O) groups is 1. The molecular weight excluding hydrogens is 192 g/mol. The molecule has 0 spiro atoms. The first kappa shape index (κ1) is 10.7. The Labute approximate surface area is 90.8 Å². The zero-order valence-electron chi connectivity index (χ0n) is 9.29. The summed E-state index contributed by atoms with van der Waals surface area (Å²) in [5.41, 5.74) is 0. The average Bonchev–Trinajstić information content (AvgIpc) is 3.03. The van der Waals surface area contributed by atoms with Crippen LogP contribution in [0.15, 0.2) is 0 Å². The molecule has 1 heterocycles. The SMILES string of the molecule is CC(NC(=O)NC1CC1)C1CCOCC1. The first-order chi connectivity index (χ1) is 7.25. The van der Waals surface area contributed by atoms with Crippen molar-refractivity contribution in [3.63, 3.8) is 0 Å². The topological polar surface area (TPSA) is 50.4 Å². The van der Waals surface area contributed by atoms with Gasteiger partial charge in [0.25, 0.3) is 0 Å². The van der Waals surface area contributed by atoms with Gasteiger partial charge in [0.05, 0.1) is 0 Å². The number of nitrogens with one attached hydrogen (secondary N) is 2. The molecule has 2 amide bonds. The van der Waals surface area contributed by atoms with Crippen LogP contribution in [0.5, 0.6) is 0 Å². The van der Waals surface area contributed by atoms with Gasteiger partial charge in [-0.1, -0.05) is 0 Å². The minimum atomic E-state index is -0.00325. The maximum atomic E-state index is 11.5. The third kappa shape index (κ3) is 3.38. The molecule has 2 N–H and O–H groups in total. The van der Waals surface area contributed by atoms with Gasteiger partial charge in [0.2, 0.25) is 0 Å². The van der Waals surface area contributed by atoms with Crippen LogP contribution in [0.2, 0.25) is 0 Å². The van der Waals surface area contributed by atoms with Crippen LogP contribution in [0.1, 0.15) is 32.6 Å². The number of amides is 2. The molecule has 2 aliphatic rings. The second-order valence-corrected chi connectivity index (χ2v) is 4.63. The summed E-state index contributed by atoms with van der Waals surface area (Å²) in [6, 6.07) is 0.691. The summed E-state index contributed by atoms with van der Waals surface area (Å²) < 4.78 is 5.30. The number of rotatable bonds is 3. The van der Waals surface area contributed by atoms with E-state index in [9.17, 15) is 4.79 Å². The van der Waals surface area contributed by atoms with Crippen LogP contribution in [0.4, 0.5) is 4.79 Å². The van der Waals surface area contributed by atoms with Crippen molar-refractivity contribution < 1.29 is 9.53 Å². The largest absolute Gasteiger partial charge is 0.381 e. The van der Waals surface area contributed by atoms with E-state index >= 15 is 0 Å². The lowest BCUT2D eigenvalue weighted by molar-refractivity contribution is 0.0571. The van der Waals surface area contributed by atoms with Gasteiger partial charge in [-0.05, 0) is 38.5 Å². The van der Waals surface area contributed by atoms with Crippen molar-refractivity contribution >= 4 is 6.03 Å². The smallest absolute Gasteiger partial charge is 0.315 e. The Morgan fingerprint density at radius 2 is 1.93 bits per heavy atom. The van der Waals surface area contributed by atoms with Crippen LogP contribution in [0, 0.1) is 5.92 Å². The minimum Gasteiger partial charge on any atom is -0.381 e. The Morgan fingerprint density at radius 1 is 1.27 bits per heavy atom. The molecule has 2 rings (SSSR count). The summed E-state index contributed by atoms with van der Waals surface area (Å²) in [6.07, 6.45) is 4.40. The van der Waals surface area contributed by atoms with Crippen molar-refractivity contribution in [1.29, 1.82) is 0 Å². The molecule has 1 aliphatic carbocycles. The normalized spacial score (nSPS) is 24.6. The lowest BCUT2D eigenvalue weighted by atomic mass is 9.93. The van der Waals surface area contributed by atoms with Crippen molar-refractivity contribution in [3.8, 4) is 0 Å². The molecule has 0 aromatic rings. The van der Waals surface area contributed by atoms with Crippen LogP contribution in [-0.4, -0.2) is 31.3 Å². The second kappa shape index (κ2) is 4.84. The monoisotopic (exact) mass is 212 g/mol. The molecule has 0 aromatic carbocycles. The van der Waals surface area contributed by atoms with Gasteiger partial charge < -0.3 is 15.4 Å². The van der Waals surface area contributed by atoms with E-state index in [-0.39, 0.29) is 12.1 Å². The van der Waals surface area contributed by atoms with E-state index < -0.39 is 0 Å². The summed E-state index contributed by atoms with van der Waals surface area (Å²) >= 11 is 0. The fourth-order valence-corrected chi connectivity index (χ4v) is 2.00.